The Labute approximate surface area is 161 Å². The first-order chi connectivity index (χ1) is 13.1. The molecule has 1 N–H and O–H groups in total. The highest BCUT2D eigenvalue weighted by Gasteiger charge is 2.41. The average molecular weight is 388 g/mol. The summed E-state index contributed by atoms with van der Waals surface area (Å²) in [6.45, 7) is 0.742. The van der Waals surface area contributed by atoms with Gasteiger partial charge in [-0.15, -0.1) is 11.8 Å². The van der Waals surface area contributed by atoms with E-state index in [1.807, 2.05) is 30.3 Å². The number of carbonyl (C=O) groups excluding carboxylic acids is 2. The predicted octanol–water partition coefficient (Wildman–Crippen LogP) is 2.90. The number of carbonyl (C=O) groups is 2. The van der Waals surface area contributed by atoms with E-state index in [2.05, 4.69) is 5.32 Å². The van der Waals surface area contributed by atoms with Crippen LogP contribution in [-0.2, 0) is 14.3 Å². The van der Waals surface area contributed by atoms with E-state index in [9.17, 15) is 14.0 Å². The molecule has 0 bridgehead atoms. The molecule has 2 aromatic rings. The molecule has 142 valence electrons. The number of hydrogen-bond acceptors (Lipinski definition) is 4. The maximum atomic E-state index is 13.3. The molecule has 2 atom stereocenters. The fourth-order valence-electron chi connectivity index (χ4n) is 3.05. The van der Waals surface area contributed by atoms with Gasteiger partial charge in [0.25, 0.3) is 0 Å². The fourth-order valence-corrected chi connectivity index (χ4v) is 4.25. The molecule has 1 aliphatic rings. The zero-order valence-electron chi connectivity index (χ0n) is 14.9. The van der Waals surface area contributed by atoms with Gasteiger partial charge < -0.3 is 15.0 Å². The molecule has 2 amide bonds. The number of methoxy groups -OCH3 is 1. The average Bonchev–Trinajstić information content (AvgIpc) is 3.05. The van der Waals surface area contributed by atoms with Crippen molar-refractivity contribution in [3.8, 4) is 0 Å². The first kappa shape index (κ1) is 19.4. The van der Waals surface area contributed by atoms with E-state index in [0.717, 1.165) is 11.1 Å². The van der Waals surface area contributed by atoms with Crippen molar-refractivity contribution in [1.29, 1.82) is 0 Å². The molecule has 0 radical (unpaired) electrons. The molecule has 0 aliphatic carbocycles. The molecular weight excluding hydrogens is 367 g/mol. The highest BCUT2D eigenvalue weighted by molar-refractivity contribution is 8.00. The maximum absolute atomic E-state index is 13.3. The first-order valence-corrected chi connectivity index (χ1v) is 9.66. The Morgan fingerprint density at radius 3 is 2.63 bits per heavy atom. The smallest absolute Gasteiger partial charge is 0.247 e. The Bertz CT molecular complexity index is 786. The summed E-state index contributed by atoms with van der Waals surface area (Å²) in [7, 11) is 1.56. The highest BCUT2D eigenvalue weighted by atomic mass is 32.2. The summed E-state index contributed by atoms with van der Waals surface area (Å²) in [5.74, 6) is -0.445. The fraction of sp³-hybridized carbons (Fsp3) is 0.300. The van der Waals surface area contributed by atoms with Gasteiger partial charge in [0, 0.05) is 13.7 Å². The summed E-state index contributed by atoms with van der Waals surface area (Å²) in [5, 5.41) is 2.48. The minimum absolute atomic E-state index is 0.120. The number of benzene rings is 2. The van der Waals surface area contributed by atoms with Crippen LogP contribution in [0.1, 0.15) is 22.5 Å². The lowest BCUT2D eigenvalue weighted by Gasteiger charge is -2.32. The van der Waals surface area contributed by atoms with Crippen molar-refractivity contribution in [2.45, 2.75) is 11.4 Å². The summed E-state index contributed by atoms with van der Waals surface area (Å²) >= 11 is 1.44. The van der Waals surface area contributed by atoms with Gasteiger partial charge in [-0.05, 0) is 23.3 Å². The van der Waals surface area contributed by atoms with E-state index in [1.54, 1.807) is 24.1 Å². The lowest BCUT2D eigenvalue weighted by atomic mass is 10.0. The molecule has 3 rings (SSSR count). The molecule has 7 heteroatoms. The molecule has 27 heavy (non-hydrogen) atoms. The van der Waals surface area contributed by atoms with Crippen LogP contribution in [0.4, 0.5) is 4.39 Å². The van der Waals surface area contributed by atoms with Crippen molar-refractivity contribution in [3.63, 3.8) is 0 Å². The van der Waals surface area contributed by atoms with E-state index < -0.39 is 6.04 Å². The largest absolute Gasteiger partial charge is 0.383 e. The van der Waals surface area contributed by atoms with E-state index in [4.69, 9.17) is 4.74 Å². The van der Waals surface area contributed by atoms with Crippen molar-refractivity contribution in [1.82, 2.24) is 10.2 Å². The van der Waals surface area contributed by atoms with Gasteiger partial charge in [-0.3, -0.25) is 9.59 Å². The zero-order valence-corrected chi connectivity index (χ0v) is 15.7. The Morgan fingerprint density at radius 2 is 1.96 bits per heavy atom. The third-order valence-electron chi connectivity index (χ3n) is 4.31. The molecular formula is C20H21FN2O3S. The monoisotopic (exact) mass is 388 g/mol. The summed E-state index contributed by atoms with van der Waals surface area (Å²) < 4.78 is 18.3. The quantitative estimate of drug-likeness (QED) is 0.741. The Kier molecular flexibility index (Phi) is 6.47. The third kappa shape index (κ3) is 4.48. The van der Waals surface area contributed by atoms with Gasteiger partial charge >= 0.3 is 0 Å². The van der Waals surface area contributed by atoms with Crippen LogP contribution in [0.2, 0.25) is 0 Å². The van der Waals surface area contributed by atoms with E-state index >= 15 is 0 Å². The second-order valence-corrected chi connectivity index (χ2v) is 7.18. The number of nitrogens with one attached hydrogen (secondary N) is 1. The van der Waals surface area contributed by atoms with Crippen LogP contribution >= 0.6 is 11.8 Å². The number of amides is 2. The Morgan fingerprint density at radius 1 is 1.26 bits per heavy atom. The Hall–Kier alpha value is -2.38. The van der Waals surface area contributed by atoms with Crippen LogP contribution in [0.3, 0.4) is 0 Å². The molecule has 0 saturated carbocycles. The summed E-state index contributed by atoms with van der Waals surface area (Å²) in [4.78, 5) is 27.2. The molecule has 5 nitrogen and oxygen atoms in total. The van der Waals surface area contributed by atoms with Gasteiger partial charge in [0.1, 0.15) is 17.2 Å². The topological polar surface area (TPSA) is 58.6 Å². The molecule has 0 aromatic heterocycles. The van der Waals surface area contributed by atoms with Crippen molar-refractivity contribution in [2.24, 2.45) is 0 Å². The minimum Gasteiger partial charge on any atom is -0.383 e. The van der Waals surface area contributed by atoms with Crippen LogP contribution in [0.5, 0.6) is 0 Å². The molecule has 2 unspecified atom stereocenters. The van der Waals surface area contributed by atoms with Gasteiger partial charge in [0.15, 0.2) is 0 Å². The van der Waals surface area contributed by atoms with E-state index in [-0.39, 0.29) is 28.8 Å². The Balaban J connectivity index is 1.94. The zero-order chi connectivity index (χ0) is 19.2. The van der Waals surface area contributed by atoms with Crippen LogP contribution in [0.25, 0.3) is 0 Å². The molecule has 1 heterocycles. The standard InChI is InChI=1S/C20H21FN2O3S/c1-26-12-11-22-19(25)18(14-5-3-2-4-6-14)23-17(24)13-27-20(23)15-7-9-16(21)10-8-15/h2-10,18,20H,11-13H2,1H3,(H,22,25). The van der Waals surface area contributed by atoms with Crippen molar-refractivity contribution >= 4 is 23.6 Å². The second kappa shape index (κ2) is 9.01. The third-order valence-corrected chi connectivity index (χ3v) is 5.54. The number of ether oxygens (including phenoxy) is 1. The number of nitrogens with zero attached hydrogens (tertiary/aromatic N) is 1. The predicted molar refractivity (Wildman–Crippen MR) is 103 cm³/mol. The highest BCUT2D eigenvalue weighted by Crippen LogP contribution is 2.43. The number of thioether (sulfide) groups is 1. The molecule has 0 spiro atoms. The van der Waals surface area contributed by atoms with Crippen molar-refractivity contribution < 1.29 is 18.7 Å². The molecule has 1 fully saturated rings. The molecule has 1 aliphatic heterocycles. The summed E-state index contributed by atoms with van der Waals surface area (Å²) in [5.41, 5.74) is 1.52. The van der Waals surface area contributed by atoms with Gasteiger partial charge in [0.2, 0.25) is 11.8 Å². The number of hydrogen-bond donors (Lipinski definition) is 1. The van der Waals surface area contributed by atoms with Gasteiger partial charge in [-0.2, -0.15) is 0 Å². The van der Waals surface area contributed by atoms with Gasteiger partial charge in [-0.1, -0.05) is 42.5 Å². The van der Waals surface area contributed by atoms with Gasteiger partial charge in [-0.25, -0.2) is 4.39 Å². The number of halogens is 1. The van der Waals surface area contributed by atoms with E-state index in [0.29, 0.717) is 13.2 Å². The second-order valence-electron chi connectivity index (χ2n) is 6.11. The van der Waals surface area contributed by atoms with Crippen molar-refractivity contribution in [2.75, 3.05) is 26.0 Å². The SMILES string of the molecule is COCCNC(=O)C(c1ccccc1)N1C(=O)CSC1c1ccc(F)cc1. The maximum Gasteiger partial charge on any atom is 0.247 e. The lowest BCUT2D eigenvalue weighted by Crippen LogP contribution is -2.43. The van der Waals surface area contributed by atoms with E-state index in [1.165, 1.54) is 23.9 Å². The normalized spacial score (nSPS) is 17.8. The van der Waals surface area contributed by atoms with Crippen LogP contribution in [0, 0.1) is 5.82 Å². The van der Waals surface area contributed by atoms with Crippen LogP contribution in [-0.4, -0.2) is 42.7 Å². The van der Waals surface area contributed by atoms with Crippen LogP contribution in [0.15, 0.2) is 54.6 Å². The number of rotatable bonds is 7. The molecule has 2 aromatic carbocycles. The summed E-state index contributed by atoms with van der Waals surface area (Å²) in [6, 6.07) is 14.5. The van der Waals surface area contributed by atoms with Gasteiger partial charge in [0.05, 0.1) is 12.4 Å². The minimum atomic E-state index is -0.763. The lowest BCUT2D eigenvalue weighted by molar-refractivity contribution is -0.139. The summed E-state index contributed by atoms with van der Waals surface area (Å²) in [6.07, 6.45) is 0. The van der Waals surface area contributed by atoms with Crippen LogP contribution < -0.4 is 5.32 Å². The van der Waals surface area contributed by atoms with Crippen molar-refractivity contribution in [3.05, 3.63) is 71.5 Å². The first-order valence-electron chi connectivity index (χ1n) is 8.61. The molecule has 1 saturated heterocycles.